The Morgan fingerprint density at radius 2 is 1.93 bits per heavy atom. The second-order valence-corrected chi connectivity index (χ2v) is 3.98. The number of imidazole rings is 1. The van der Waals surface area contributed by atoms with Crippen LogP contribution in [0, 0.1) is 6.92 Å². The van der Waals surface area contributed by atoms with Gasteiger partial charge in [-0.1, -0.05) is 15.9 Å². The Morgan fingerprint density at radius 3 is 2.53 bits per heavy atom. The lowest BCUT2D eigenvalue weighted by Crippen LogP contribution is -1.67. The molecule has 0 unspecified atom stereocenters. The monoisotopic (exact) mass is 264 g/mol. The molecule has 5 heteroatoms. The molecular weight excluding hydrogens is 256 g/mol. The molecule has 0 saturated heterocycles. The molecule has 0 aliphatic carbocycles. The molecule has 76 valence electrons. The van der Waals surface area contributed by atoms with E-state index in [-0.39, 0.29) is 0 Å². The predicted octanol–water partition coefficient (Wildman–Crippen LogP) is 3.90. The second kappa shape index (κ2) is 4.35. The Hall–Kier alpha value is -1.49. The minimum Gasteiger partial charge on any atom is -0.325 e. The molecule has 0 saturated carbocycles. The van der Waals surface area contributed by atoms with Crippen LogP contribution in [0.2, 0.25) is 0 Å². The first-order chi connectivity index (χ1) is 7.24. The van der Waals surface area contributed by atoms with E-state index < -0.39 is 0 Å². The predicted molar refractivity (Wildman–Crippen MR) is 61.6 cm³/mol. The fourth-order valence-corrected chi connectivity index (χ4v) is 1.33. The molecule has 0 amide bonds. The maximum atomic E-state index is 4.04. The average molecular weight is 265 g/mol. The molecule has 0 bridgehead atoms. The Kier molecular flexibility index (Phi) is 2.91. The Balaban J connectivity index is 2.14. The van der Waals surface area contributed by atoms with Gasteiger partial charge in [0.25, 0.3) is 0 Å². The van der Waals surface area contributed by atoms with E-state index >= 15 is 0 Å². The molecule has 1 aromatic heterocycles. The molecule has 0 fully saturated rings. The lowest BCUT2D eigenvalue weighted by atomic mass is 10.3. The third kappa shape index (κ3) is 2.73. The van der Waals surface area contributed by atoms with Crippen LogP contribution in [0.15, 0.2) is 45.2 Å². The van der Waals surface area contributed by atoms with Crippen molar-refractivity contribution in [2.75, 3.05) is 0 Å². The van der Waals surface area contributed by atoms with Gasteiger partial charge in [-0.15, -0.1) is 10.2 Å². The lowest BCUT2D eigenvalue weighted by Gasteiger charge is -1.91. The first-order valence-corrected chi connectivity index (χ1v) is 5.22. The van der Waals surface area contributed by atoms with E-state index in [0.717, 1.165) is 15.9 Å². The zero-order valence-corrected chi connectivity index (χ0v) is 9.69. The summed E-state index contributed by atoms with van der Waals surface area (Å²) in [4.78, 5) is 7.00. The van der Waals surface area contributed by atoms with Crippen molar-refractivity contribution in [1.82, 2.24) is 9.97 Å². The highest BCUT2D eigenvalue weighted by Crippen LogP contribution is 2.18. The van der Waals surface area contributed by atoms with Crippen molar-refractivity contribution in [2.45, 2.75) is 6.92 Å². The van der Waals surface area contributed by atoms with Gasteiger partial charge in [0, 0.05) is 16.4 Å². The van der Waals surface area contributed by atoms with Crippen LogP contribution in [0.25, 0.3) is 0 Å². The maximum absolute atomic E-state index is 4.04. The molecule has 1 heterocycles. The molecule has 15 heavy (non-hydrogen) atoms. The zero-order valence-electron chi connectivity index (χ0n) is 8.11. The van der Waals surface area contributed by atoms with Gasteiger partial charge in [0.2, 0.25) is 5.95 Å². The van der Waals surface area contributed by atoms with Gasteiger partial charge in [-0.05, 0) is 31.2 Å². The molecule has 0 atom stereocenters. The summed E-state index contributed by atoms with van der Waals surface area (Å²) in [6, 6.07) is 7.59. The summed E-state index contributed by atoms with van der Waals surface area (Å²) >= 11 is 3.35. The van der Waals surface area contributed by atoms with Crippen molar-refractivity contribution in [1.29, 1.82) is 0 Å². The van der Waals surface area contributed by atoms with Crippen molar-refractivity contribution >= 4 is 27.6 Å². The highest BCUT2D eigenvalue weighted by atomic mass is 79.9. The van der Waals surface area contributed by atoms with Crippen LogP contribution in [-0.4, -0.2) is 9.97 Å². The fraction of sp³-hybridized carbons (Fsp3) is 0.100. The maximum Gasteiger partial charge on any atom is 0.246 e. The van der Waals surface area contributed by atoms with Crippen molar-refractivity contribution in [2.24, 2.45) is 10.2 Å². The molecule has 0 aliphatic rings. The topological polar surface area (TPSA) is 53.4 Å². The minimum absolute atomic E-state index is 0.524. The normalized spacial score (nSPS) is 11.1. The third-order valence-corrected chi connectivity index (χ3v) is 2.30. The number of aromatic amines is 1. The first kappa shape index (κ1) is 10.0. The van der Waals surface area contributed by atoms with E-state index in [2.05, 4.69) is 36.1 Å². The summed E-state index contributed by atoms with van der Waals surface area (Å²) in [7, 11) is 0. The number of azo groups is 1. The summed E-state index contributed by atoms with van der Waals surface area (Å²) in [6.07, 6.45) is 1.72. The summed E-state index contributed by atoms with van der Waals surface area (Å²) < 4.78 is 1.02. The number of H-pyrrole nitrogens is 1. The van der Waals surface area contributed by atoms with Gasteiger partial charge >= 0.3 is 0 Å². The molecule has 0 spiro atoms. The van der Waals surface area contributed by atoms with Gasteiger partial charge in [0.05, 0.1) is 5.69 Å². The van der Waals surface area contributed by atoms with Crippen molar-refractivity contribution < 1.29 is 0 Å². The Labute approximate surface area is 95.6 Å². The standard InChI is InChI=1S/C10H9BrN4/c1-7-6-12-10(13-7)15-14-9-4-2-8(11)3-5-9/h2-6H,1H3,(H,12,13). The number of aromatic nitrogens is 2. The Morgan fingerprint density at radius 1 is 1.20 bits per heavy atom. The number of hydrogen-bond donors (Lipinski definition) is 1. The lowest BCUT2D eigenvalue weighted by molar-refractivity contribution is 1.11. The van der Waals surface area contributed by atoms with Gasteiger partial charge in [-0.2, -0.15) is 0 Å². The second-order valence-electron chi connectivity index (χ2n) is 3.07. The van der Waals surface area contributed by atoms with E-state index in [1.165, 1.54) is 0 Å². The summed E-state index contributed by atoms with van der Waals surface area (Å²) in [5.41, 5.74) is 1.77. The number of halogens is 1. The van der Waals surface area contributed by atoms with Crippen LogP contribution in [0.4, 0.5) is 11.6 Å². The third-order valence-electron chi connectivity index (χ3n) is 1.78. The van der Waals surface area contributed by atoms with Crippen molar-refractivity contribution in [3.63, 3.8) is 0 Å². The average Bonchev–Trinajstić information content (AvgIpc) is 2.64. The number of benzene rings is 1. The molecule has 0 aliphatic heterocycles. The summed E-state index contributed by atoms with van der Waals surface area (Å²) in [5, 5.41) is 8.01. The van der Waals surface area contributed by atoms with Crippen LogP contribution in [0.1, 0.15) is 5.69 Å². The van der Waals surface area contributed by atoms with E-state index in [1.807, 2.05) is 31.2 Å². The molecule has 0 radical (unpaired) electrons. The number of rotatable bonds is 2. The molecule has 4 nitrogen and oxygen atoms in total. The summed E-state index contributed by atoms with van der Waals surface area (Å²) in [5.74, 6) is 0.524. The van der Waals surface area contributed by atoms with Crippen molar-refractivity contribution in [3.8, 4) is 0 Å². The van der Waals surface area contributed by atoms with Gasteiger partial charge in [-0.3, -0.25) is 0 Å². The SMILES string of the molecule is Cc1cnc(N=Nc2ccc(Br)cc2)[nH]1. The number of hydrogen-bond acceptors (Lipinski definition) is 3. The van der Waals surface area contributed by atoms with Crippen LogP contribution < -0.4 is 0 Å². The van der Waals surface area contributed by atoms with E-state index in [9.17, 15) is 0 Å². The van der Waals surface area contributed by atoms with Crippen LogP contribution in [0.5, 0.6) is 0 Å². The quantitative estimate of drug-likeness (QED) is 0.822. The Bertz CT molecular complexity index is 472. The molecule has 2 rings (SSSR count). The smallest absolute Gasteiger partial charge is 0.246 e. The van der Waals surface area contributed by atoms with E-state index in [4.69, 9.17) is 0 Å². The van der Waals surface area contributed by atoms with Crippen LogP contribution >= 0.6 is 15.9 Å². The highest BCUT2D eigenvalue weighted by molar-refractivity contribution is 9.10. The largest absolute Gasteiger partial charge is 0.325 e. The van der Waals surface area contributed by atoms with Gasteiger partial charge < -0.3 is 4.98 Å². The zero-order chi connectivity index (χ0) is 10.7. The van der Waals surface area contributed by atoms with Crippen LogP contribution in [0.3, 0.4) is 0 Å². The summed E-state index contributed by atoms with van der Waals surface area (Å²) in [6.45, 7) is 1.92. The minimum atomic E-state index is 0.524. The molecule has 2 aromatic rings. The van der Waals surface area contributed by atoms with E-state index in [0.29, 0.717) is 5.95 Å². The van der Waals surface area contributed by atoms with E-state index in [1.54, 1.807) is 6.20 Å². The van der Waals surface area contributed by atoms with Crippen molar-refractivity contribution in [3.05, 3.63) is 40.6 Å². The molecular formula is C10H9BrN4. The number of aryl methyl sites for hydroxylation is 1. The molecule has 1 aromatic carbocycles. The van der Waals surface area contributed by atoms with Gasteiger partial charge in [-0.25, -0.2) is 4.98 Å². The first-order valence-electron chi connectivity index (χ1n) is 4.43. The number of nitrogens with one attached hydrogen (secondary N) is 1. The van der Waals surface area contributed by atoms with Gasteiger partial charge in [0.15, 0.2) is 0 Å². The number of nitrogens with zero attached hydrogens (tertiary/aromatic N) is 3. The molecule has 1 N–H and O–H groups in total. The van der Waals surface area contributed by atoms with Gasteiger partial charge in [0.1, 0.15) is 0 Å². The fourth-order valence-electron chi connectivity index (χ4n) is 1.06. The highest BCUT2D eigenvalue weighted by Gasteiger charge is 1.94. The van der Waals surface area contributed by atoms with Crippen LogP contribution in [-0.2, 0) is 0 Å².